The summed E-state index contributed by atoms with van der Waals surface area (Å²) in [4.78, 5) is 15.5. The van der Waals surface area contributed by atoms with Crippen LogP contribution in [0.2, 0.25) is 0 Å². The molecule has 0 aliphatic carbocycles. The molecule has 0 saturated carbocycles. The average Bonchev–Trinajstić information content (AvgIpc) is 2.78. The minimum atomic E-state index is -4.61. The molecule has 1 aromatic carbocycles. The van der Waals surface area contributed by atoms with Crippen molar-refractivity contribution in [3.05, 3.63) is 23.5 Å². The minimum Gasteiger partial charge on any atom is -0.462 e. The van der Waals surface area contributed by atoms with E-state index in [0.717, 1.165) is 4.57 Å². The highest BCUT2D eigenvalue weighted by atomic mass is 19.4. The van der Waals surface area contributed by atoms with Gasteiger partial charge in [0.15, 0.2) is 0 Å². The molecule has 0 radical (unpaired) electrons. The molecule has 0 amide bonds. The number of nitrogen functional groups attached to an aromatic ring is 1. The number of hydrogen-bond acceptors (Lipinski definition) is 4. The average molecular weight is 329 g/mol. The lowest BCUT2D eigenvalue weighted by Gasteiger charge is -2.13. The molecule has 2 N–H and O–H groups in total. The Labute approximate surface area is 131 Å². The number of aromatic nitrogens is 2. The number of nitrogens with two attached hydrogens (primary N) is 1. The maximum Gasteiger partial charge on any atom is 0.449 e. The molecule has 5 nitrogen and oxygen atoms in total. The Morgan fingerprint density at radius 1 is 1.39 bits per heavy atom. The van der Waals surface area contributed by atoms with Crippen LogP contribution >= 0.6 is 0 Å². The van der Waals surface area contributed by atoms with Crippen LogP contribution in [0.3, 0.4) is 0 Å². The van der Waals surface area contributed by atoms with Crippen molar-refractivity contribution in [3.63, 3.8) is 0 Å². The van der Waals surface area contributed by atoms with E-state index in [2.05, 4.69) is 4.98 Å². The summed E-state index contributed by atoms with van der Waals surface area (Å²) in [6, 6.07) is 2.63. The number of rotatable bonds is 4. The summed E-state index contributed by atoms with van der Waals surface area (Å²) in [5.74, 6) is -1.69. The van der Waals surface area contributed by atoms with Gasteiger partial charge in [-0.1, -0.05) is 13.8 Å². The van der Waals surface area contributed by atoms with E-state index in [1.165, 1.54) is 12.1 Å². The van der Waals surface area contributed by atoms with Crippen LogP contribution in [0, 0.1) is 5.92 Å². The molecule has 0 bridgehead atoms. The van der Waals surface area contributed by atoms with Gasteiger partial charge in [0, 0.05) is 6.54 Å². The molecule has 0 saturated heterocycles. The van der Waals surface area contributed by atoms with E-state index in [9.17, 15) is 18.0 Å². The first kappa shape index (κ1) is 17.1. The number of ether oxygens (including phenoxy) is 1. The number of anilines is 1. The molecule has 0 fully saturated rings. The number of halogens is 3. The number of carbonyl (C=O) groups excluding carboxylic acids is 1. The normalized spacial score (nSPS) is 12.1. The van der Waals surface area contributed by atoms with Crippen molar-refractivity contribution in [1.29, 1.82) is 0 Å². The lowest BCUT2D eigenvalue weighted by atomic mass is 10.1. The highest BCUT2D eigenvalue weighted by Crippen LogP contribution is 2.34. The van der Waals surface area contributed by atoms with Crippen LogP contribution < -0.4 is 5.73 Å². The molecule has 126 valence electrons. The van der Waals surface area contributed by atoms with Crippen LogP contribution in [0.4, 0.5) is 18.9 Å². The standard InChI is InChI=1S/C15H18F3N3O2/c1-4-23-13(22)9-5-10(19)12-11(6-9)21(7-8(2)3)14(20-12)15(16,17)18/h5-6,8H,4,7,19H2,1-3H3. The Kier molecular flexibility index (Phi) is 4.53. The Morgan fingerprint density at radius 2 is 2.04 bits per heavy atom. The van der Waals surface area contributed by atoms with Crippen molar-refractivity contribution in [2.75, 3.05) is 12.3 Å². The Morgan fingerprint density at radius 3 is 2.57 bits per heavy atom. The number of carbonyl (C=O) groups is 1. The summed E-state index contributed by atoms with van der Waals surface area (Å²) in [6.45, 7) is 5.51. The van der Waals surface area contributed by atoms with E-state index in [0.29, 0.717) is 0 Å². The van der Waals surface area contributed by atoms with Gasteiger partial charge in [-0.25, -0.2) is 9.78 Å². The highest BCUT2D eigenvalue weighted by Gasteiger charge is 2.38. The van der Waals surface area contributed by atoms with Crippen molar-refractivity contribution in [1.82, 2.24) is 9.55 Å². The first-order valence-corrected chi connectivity index (χ1v) is 7.19. The Bertz CT molecular complexity index is 736. The number of nitrogens with zero attached hydrogens (tertiary/aromatic N) is 2. The van der Waals surface area contributed by atoms with Gasteiger partial charge in [-0.15, -0.1) is 0 Å². The van der Waals surface area contributed by atoms with Crippen LogP contribution in [0.5, 0.6) is 0 Å². The second kappa shape index (κ2) is 6.10. The summed E-state index contributed by atoms with van der Waals surface area (Å²) >= 11 is 0. The van der Waals surface area contributed by atoms with Crippen LogP contribution in [-0.2, 0) is 17.5 Å². The maximum absolute atomic E-state index is 13.2. The van der Waals surface area contributed by atoms with Gasteiger partial charge in [0.2, 0.25) is 5.82 Å². The van der Waals surface area contributed by atoms with Gasteiger partial charge < -0.3 is 15.0 Å². The van der Waals surface area contributed by atoms with Crippen LogP contribution in [0.1, 0.15) is 37.0 Å². The van der Waals surface area contributed by atoms with Crippen LogP contribution in [0.25, 0.3) is 11.0 Å². The van der Waals surface area contributed by atoms with Crippen molar-refractivity contribution in [2.45, 2.75) is 33.5 Å². The molecule has 2 aromatic rings. The van der Waals surface area contributed by atoms with Crippen molar-refractivity contribution < 1.29 is 22.7 Å². The van der Waals surface area contributed by atoms with E-state index in [-0.39, 0.29) is 41.4 Å². The fourth-order valence-electron chi connectivity index (χ4n) is 2.35. The van der Waals surface area contributed by atoms with E-state index in [1.807, 2.05) is 0 Å². The second-order valence-corrected chi connectivity index (χ2v) is 5.59. The van der Waals surface area contributed by atoms with E-state index in [4.69, 9.17) is 10.5 Å². The van der Waals surface area contributed by atoms with Gasteiger partial charge in [-0.3, -0.25) is 0 Å². The lowest BCUT2D eigenvalue weighted by Crippen LogP contribution is -2.17. The number of benzene rings is 1. The Hall–Kier alpha value is -2.25. The first-order chi connectivity index (χ1) is 10.6. The van der Waals surface area contributed by atoms with Gasteiger partial charge in [0.1, 0.15) is 5.52 Å². The molecule has 2 rings (SSSR count). The predicted molar refractivity (Wildman–Crippen MR) is 79.9 cm³/mol. The number of hydrogen-bond donors (Lipinski definition) is 1. The van der Waals surface area contributed by atoms with Crippen molar-refractivity contribution in [3.8, 4) is 0 Å². The zero-order chi connectivity index (χ0) is 17.4. The van der Waals surface area contributed by atoms with Gasteiger partial charge in [-0.2, -0.15) is 13.2 Å². The van der Waals surface area contributed by atoms with Crippen molar-refractivity contribution in [2.24, 2.45) is 5.92 Å². The van der Waals surface area contributed by atoms with Crippen molar-refractivity contribution >= 4 is 22.7 Å². The molecular formula is C15H18F3N3O2. The predicted octanol–water partition coefficient (Wildman–Crippen LogP) is 3.47. The highest BCUT2D eigenvalue weighted by molar-refractivity contribution is 5.98. The van der Waals surface area contributed by atoms with Gasteiger partial charge in [0.05, 0.1) is 23.4 Å². The number of imidazole rings is 1. The molecule has 1 aromatic heterocycles. The van der Waals surface area contributed by atoms with E-state index < -0.39 is 18.0 Å². The summed E-state index contributed by atoms with van der Waals surface area (Å²) in [7, 11) is 0. The maximum atomic E-state index is 13.2. The third-order valence-electron chi connectivity index (χ3n) is 3.20. The monoisotopic (exact) mass is 329 g/mol. The zero-order valence-corrected chi connectivity index (χ0v) is 13.1. The largest absolute Gasteiger partial charge is 0.462 e. The molecule has 0 spiro atoms. The SMILES string of the molecule is CCOC(=O)c1cc(N)c2nc(C(F)(F)F)n(CC(C)C)c2c1. The molecule has 1 heterocycles. The Balaban J connectivity index is 2.71. The molecule has 0 aliphatic heterocycles. The molecule has 0 atom stereocenters. The van der Waals surface area contributed by atoms with E-state index in [1.54, 1.807) is 20.8 Å². The molecule has 0 aliphatic rings. The summed E-state index contributed by atoms with van der Waals surface area (Å²) in [6.07, 6.45) is -4.61. The first-order valence-electron chi connectivity index (χ1n) is 7.19. The van der Waals surface area contributed by atoms with Gasteiger partial charge >= 0.3 is 12.1 Å². The number of alkyl halides is 3. The fraction of sp³-hybridized carbons (Fsp3) is 0.467. The second-order valence-electron chi connectivity index (χ2n) is 5.59. The lowest BCUT2D eigenvalue weighted by molar-refractivity contribution is -0.147. The van der Waals surface area contributed by atoms with E-state index >= 15 is 0 Å². The molecule has 23 heavy (non-hydrogen) atoms. The third kappa shape index (κ3) is 3.40. The smallest absolute Gasteiger partial charge is 0.449 e. The fourth-order valence-corrected chi connectivity index (χ4v) is 2.35. The summed E-state index contributed by atoms with van der Waals surface area (Å²) in [5.41, 5.74) is 6.12. The molecular weight excluding hydrogens is 311 g/mol. The topological polar surface area (TPSA) is 70.1 Å². The summed E-state index contributed by atoms with van der Waals surface area (Å²) < 4.78 is 45.6. The third-order valence-corrected chi connectivity index (χ3v) is 3.20. The minimum absolute atomic E-state index is 0.0126. The number of esters is 1. The quantitative estimate of drug-likeness (QED) is 0.689. The van der Waals surface area contributed by atoms with Crippen LogP contribution in [-0.4, -0.2) is 22.1 Å². The molecule has 8 heteroatoms. The zero-order valence-electron chi connectivity index (χ0n) is 13.1. The van der Waals surface area contributed by atoms with Crippen LogP contribution in [0.15, 0.2) is 12.1 Å². The van der Waals surface area contributed by atoms with Gasteiger partial charge in [0.25, 0.3) is 0 Å². The molecule has 0 unspecified atom stereocenters. The number of fused-ring (bicyclic) bond motifs is 1. The van der Waals surface area contributed by atoms with Gasteiger partial charge in [-0.05, 0) is 25.0 Å². The summed E-state index contributed by atoms with van der Waals surface area (Å²) in [5, 5.41) is 0.